The predicted molar refractivity (Wildman–Crippen MR) is 131 cm³/mol. The van der Waals surface area contributed by atoms with Gasteiger partial charge in [0.25, 0.3) is 10.1 Å². The van der Waals surface area contributed by atoms with E-state index in [-0.39, 0.29) is 29.7 Å². The lowest BCUT2D eigenvalue weighted by Crippen LogP contribution is -2.36. The number of amides is 1. The molecule has 0 spiro atoms. The van der Waals surface area contributed by atoms with Gasteiger partial charge in [0.15, 0.2) is 0 Å². The Morgan fingerprint density at radius 1 is 1.09 bits per heavy atom. The molecule has 0 radical (unpaired) electrons. The van der Waals surface area contributed by atoms with Gasteiger partial charge in [-0.3, -0.25) is 9.45 Å². The third-order valence-corrected chi connectivity index (χ3v) is 6.50. The van der Waals surface area contributed by atoms with Crippen molar-refractivity contribution in [2.24, 2.45) is 5.73 Å². The van der Waals surface area contributed by atoms with E-state index in [2.05, 4.69) is 0 Å². The fourth-order valence-corrected chi connectivity index (χ4v) is 4.33. The summed E-state index contributed by atoms with van der Waals surface area (Å²) in [6, 6.07) is 22.8. The van der Waals surface area contributed by atoms with Crippen molar-refractivity contribution in [2.75, 3.05) is 6.54 Å². The number of nitrogens with zero attached hydrogens (tertiary/aromatic N) is 1. The molecule has 1 heterocycles. The Morgan fingerprint density at radius 3 is 2.38 bits per heavy atom. The summed E-state index contributed by atoms with van der Waals surface area (Å²) in [5.41, 5.74) is 9.07. The topological polar surface area (TPSA) is 110 Å². The number of carbonyl (C=O) groups is 1. The highest BCUT2D eigenvalue weighted by atomic mass is 35.5. The molecule has 180 valence electrons. The monoisotopic (exact) mass is 502 g/mol. The maximum absolute atomic E-state index is 12.4. The van der Waals surface area contributed by atoms with Gasteiger partial charge >= 0.3 is 6.09 Å². The summed E-state index contributed by atoms with van der Waals surface area (Å²) in [6.45, 7) is 2.69. The minimum atomic E-state index is -4.02. The van der Waals surface area contributed by atoms with Crippen LogP contribution in [0.15, 0.2) is 83.8 Å². The van der Waals surface area contributed by atoms with Gasteiger partial charge in [-0.15, -0.1) is 0 Å². The van der Waals surface area contributed by atoms with E-state index < -0.39 is 10.1 Å². The summed E-state index contributed by atoms with van der Waals surface area (Å²) in [7, 11) is -4.02. The summed E-state index contributed by atoms with van der Waals surface area (Å²) < 4.78 is 35.0. The number of carbonyl (C=O) groups excluding carboxylic acids is 1. The zero-order valence-electron chi connectivity index (χ0n) is 18.7. The van der Waals surface area contributed by atoms with Crippen LogP contribution in [0.3, 0.4) is 0 Å². The third-order valence-electron chi connectivity index (χ3n) is 5.39. The molecule has 9 heteroatoms. The molecule has 1 saturated heterocycles. The molecule has 0 bridgehead atoms. The second-order valence-corrected chi connectivity index (χ2v) is 9.83. The first-order chi connectivity index (χ1) is 16.1. The predicted octanol–water partition coefficient (Wildman–Crippen LogP) is 4.99. The van der Waals surface area contributed by atoms with Crippen LogP contribution in [0.1, 0.15) is 29.2 Å². The molecule has 1 aliphatic rings. The molecular formula is C25H27ClN2O5S. The first kappa shape index (κ1) is 25.7. The van der Waals surface area contributed by atoms with Gasteiger partial charge in [-0.25, -0.2) is 4.79 Å². The van der Waals surface area contributed by atoms with E-state index in [0.29, 0.717) is 11.6 Å². The Balaban J connectivity index is 0.000000248. The number of hydrogen-bond donors (Lipinski definition) is 2. The van der Waals surface area contributed by atoms with Gasteiger partial charge in [-0.2, -0.15) is 8.42 Å². The van der Waals surface area contributed by atoms with Crippen LogP contribution in [0.4, 0.5) is 4.79 Å². The van der Waals surface area contributed by atoms with Crippen LogP contribution in [-0.4, -0.2) is 36.6 Å². The van der Waals surface area contributed by atoms with E-state index in [9.17, 15) is 13.2 Å². The highest BCUT2D eigenvalue weighted by molar-refractivity contribution is 7.85. The van der Waals surface area contributed by atoms with Crippen LogP contribution in [0.2, 0.25) is 5.02 Å². The van der Waals surface area contributed by atoms with E-state index in [1.165, 1.54) is 12.1 Å². The van der Waals surface area contributed by atoms with E-state index in [1.54, 1.807) is 17.0 Å². The van der Waals surface area contributed by atoms with Gasteiger partial charge in [0.2, 0.25) is 0 Å². The lowest BCUT2D eigenvalue weighted by atomic mass is 10.0. The average Bonchev–Trinajstić information content (AvgIpc) is 3.20. The van der Waals surface area contributed by atoms with Crippen molar-refractivity contribution in [3.8, 4) is 0 Å². The summed E-state index contributed by atoms with van der Waals surface area (Å²) in [4.78, 5) is 14.1. The summed E-state index contributed by atoms with van der Waals surface area (Å²) in [5.74, 6) is 0. The number of ether oxygens (including phenoxy) is 1. The first-order valence-corrected chi connectivity index (χ1v) is 12.5. The number of aryl methyl sites for hydroxylation is 1. The Kier molecular flexibility index (Phi) is 8.68. The molecule has 3 aromatic rings. The van der Waals surface area contributed by atoms with Crippen LogP contribution in [0.25, 0.3) is 0 Å². The summed E-state index contributed by atoms with van der Waals surface area (Å²) in [5, 5.41) is 0.638. The second-order valence-electron chi connectivity index (χ2n) is 7.97. The van der Waals surface area contributed by atoms with Gasteiger partial charge in [0.1, 0.15) is 6.61 Å². The van der Waals surface area contributed by atoms with Crippen molar-refractivity contribution >= 4 is 27.8 Å². The molecule has 1 aliphatic heterocycles. The molecule has 0 aromatic heterocycles. The molecule has 0 unspecified atom stereocenters. The maximum Gasteiger partial charge on any atom is 0.410 e. The quantitative estimate of drug-likeness (QED) is 0.486. The highest BCUT2D eigenvalue weighted by Gasteiger charge is 2.37. The van der Waals surface area contributed by atoms with Crippen molar-refractivity contribution in [3.63, 3.8) is 0 Å². The normalized spacial score (nSPS) is 17.6. The first-order valence-electron chi connectivity index (χ1n) is 10.7. The molecule has 2 atom stereocenters. The second kappa shape index (κ2) is 11.5. The fraction of sp³-hybridized carbons (Fsp3) is 0.240. The standard InChI is InChI=1S/C18H19ClN2O2.C7H8O3S/c19-15-8-4-7-14(11-15)17-16(20)9-10-21(17)18(22)23-12-13-5-2-1-3-6-13;1-6-2-4-7(5-3-6)11(8,9)10/h1-8,11,16-17H,9-10,12,20H2;2-5H,1H3,(H,8,9,10)/t16-,17-;/m1./s1. The van der Waals surface area contributed by atoms with E-state index >= 15 is 0 Å². The molecule has 0 aliphatic carbocycles. The zero-order valence-corrected chi connectivity index (χ0v) is 20.2. The van der Waals surface area contributed by atoms with E-state index in [0.717, 1.165) is 23.1 Å². The Morgan fingerprint density at radius 2 is 1.76 bits per heavy atom. The van der Waals surface area contributed by atoms with Crippen LogP contribution < -0.4 is 5.73 Å². The lowest BCUT2D eigenvalue weighted by molar-refractivity contribution is 0.0908. The van der Waals surface area contributed by atoms with Crippen LogP contribution in [0.5, 0.6) is 0 Å². The summed E-state index contributed by atoms with van der Waals surface area (Å²) in [6.07, 6.45) is 0.407. The largest absolute Gasteiger partial charge is 0.445 e. The molecule has 3 N–H and O–H groups in total. The zero-order chi connectivity index (χ0) is 24.7. The van der Waals surface area contributed by atoms with Crippen molar-refractivity contribution in [1.82, 2.24) is 4.90 Å². The smallest absolute Gasteiger partial charge is 0.410 e. The van der Waals surface area contributed by atoms with Gasteiger partial charge in [0, 0.05) is 17.6 Å². The number of benzene rings is 3. The average molecular weight is 503 g/mol. The minimum Gasteiger partial charge on any atom is -0.445 e. The van der Waals surface area contributed by atoms with E-state index in [1.807, 2.05) is 61.5 Å². The van der Waals surface area contributed by atoms with Gasteiger partial charge in [-0.05, 0) is 48.7 Å². The van der Waals surface area contributed by atoms with E-state index in [4.69, 9.17) is 26.6 Å². The number of nitrogens with two attached hydrogens (primary N) is 1. The number of rotatable bonds is 4. The maximum atomic E-state index is 12.4. The molecule has 1 amide bonds. The lowest BCUT2D eigenvalue weighted by Gasteiger charge is -2.26. The van der Waals surface area contributed by atoms with Gasteiger partial charge in [0.05, 0.1) is 10.9 Å². The molecule has 7 nitrogen and oxygen atoms in total. The SMILES string of the molecule is Cc1ccc(S(=O)(=O)O)cc1.N[C@@H]1CCN(C(=O)OCc2ccccc2)[C@@H]1c1cccc(Cl)c1. The van der Waals surface area contributed by atoms with Crippen LogP contribution in [0, 0.1) is 6.92 Å². The third kappa shape index (κ3) is 7.04. The molecule has 0 saturated carbocycles. The Hall–Kier alpha value is -2.91. The summed E-state index contributed by atoms with van der Waals surface area (Å²) >= 11 is 6.06. The number of halogens is 1. The van der Waals surface area contributed by atoms with Crippen LogP contribution in [-0.2, 0) is 21.5 Å². The molecule has 3 aromatic carbocycles. The number of likely N-dealkylation sites (tertiary alicyclic amines) is 1. The molecule has 1 fully saturated rings. The van der Waals surface area contributed by atoms with Crippen molar-refractivity contribution in [1.29, 1.82) is 0 Å². The molecular weight excluding hydrogens is 476 g/mol. The Bertz CT molecular complexity index is 1200. The van der Waals surface area contributed by atoms with Crippen molar-refractivity contribution in [2.45, 2.75) is 36.9 Å². The van der Waals surface area contributed by atoms with Crippen molar-refractivity contribution < 1.29 is 22.5 Å². The Labute approximate surface area is 204 Å². The molecule has 4 rings (SSSR count). The fourth-order valence-electron chi connectivity index (χ4n) is 3.65. The highest BCUT2D eigenvalue weighted by Crippen LogP contribution is 2.33. The van der Waals surface area contributed by atoms with Gasteiger partial charge in [-0.1, -0.05) is 71.8 Å². The van der Waals surface area contributed by atoms with Gasteiger partial charge < -0.3 is 10.5 Å². The number of hydrogen-bond acceptors (Lipinski definition) is 5. The minimum absolute atomic E-state index is 0.0666. The molecule has 34 heavy (non-hydrogen) atoms. The van der Waals surface area contributed by atoms with Crippen LogP contribution >= 0.6 is 11.6 Å². The van der Waals surface area contributed by atoms with Crippen molar-refractivity contribution in [3.05, 3.63) is 101 Å².